The fraction of sp³-hybridized carbons (Fsp3) is 0.357. The lowest BCUT2D eigenvalue weighted by Gasteiger charge is -2.20. The molecular weight excluding hydrogens is 489 g/mol. The summed E-state index contributed by atoms with van der Waals surface area (Å²) in [5.74, 6) is -2.38. The van der Waals surface area contributed by atoms with Crippen LogP contribution in [0.1, 0.15) is 31.7 Å². The molecule has 1 heterocycles. The van der Waals surface area contributed by atoms with Crippen molar-refractivity contribution in [3.05, 3.63) is 71.1 Å². The molecule has 3 aromatic rings. The normalized spacial score (nSPS) is 12.2. The highest BCUT2D eigenvalue weighted by Gasteiger charge is 2.41. The Labute approximate surface area is 212 Å². The average Bonchev–Trinajstić information content (AvgIpc) is 2.87. The standard InChI is InChI=1S/C28H29F3O6/c1-4-6-7-8-18-9-12-22(25(13-18)34-3)23-14-19-10-11-21(15-24(19)37-27(23)33)35-16-20(28(29,30)31)17-36-26(32)5-2/h5,9-15,20H,2,4,6-8,16-17H2,1,3H3. The van der Waals surface area contributed by atoms with Crippen molar-refractivity contribution in [2.75, 3.05) is 20.3 Å². The molecule has 9 heteroatoms. The average molecular weight is 519 g/mol. The predicted molar refractivity (Wildman–Crippen MR) is 134 cm³/mol. The van der Waals surface area contributed by atoms with E-state index in [2.05, 4.69) is 18.2 Å². The fourth-order valence-corrected chi connectivity index (χ4v) is 3.74. The molecule has 0 aliphatic rings. The van der Waals surface area contributed by atoms with E-state index in [4.69, 9.17) is 13.9 Å². The highest BCUT2D eigenvalue weighted by atomic mass is 19.4. The second kappa shape index (κ2) is 12.5. The highest BCUT2D eigenvalue weighted by Crippen LogP contribution is 2.32. The number of aryl methyl sites for hydroxylation is 1. The van der Waals surface area contributed by atoms with E-state index in [9.17, 15) is 22.8 Å². The van der Waals surface area contributed by atoms with E-state index in [1.165, 1.54) is 19.2 Å². The number of alkyl halides is 3. The first-order chi connectivity index (χ1) is 17.7. The lowest BCUT2D eigenvalue weighted by atomic mass is 10.00. The molecule has 0 spiro atoms. The molecule has 0 saturated carbocycles. The molecule has 1 atom stereocenters. The summed E-state index contributed by atoms with van der Waals surface area (Å²) in [5, 5.41) is 0.559. The molecule has 2 aromatic carbocycles. The molecule has 0 N–H and O–H groups in total. The number of benzene rings is 2. The molecule has 0 fully saturated rings. The van der Waals surface area contributed by atoms with Crippen LogP contribution >= 0.6 is 0 Å². The van der Waals surface area contributed by atoms with E-state index in [0.717, 1.165) is 37.3 Å². The third kappa shape index (κ3) is 7.38. The first-order valence-electron chi connectivity index (χ1n) is 11.9. The lowest BCUT2D eigenvalue weighted by molar-refractivity contribution is -0.195. The van der Waals surface area contributed by atoms with Crippen LogP contribution in [0.4, 0.5) is 13.2 Å². The Hall–Kier alpha value is -3.75. The second-order valence-electron chi connectivity index (χ2n) is 8.52. The molecule has 0 saturated heterocycles. The monoisotopic (exact) mass is 518 g/mol. The minimum Gasteiger partial charge on any atom is -0.496 e. The zero-order valence-electron chi connectivity index (χ0n) is 20.7. The molecule has 0 radical (unpaired) electrons. The summed E-state index contributed by atoms with van der Waals surface area (Å²) in [7, 11) is 1.54. The number of rotatable bonds is 12. The van der Waals surface area contributed by atoms with Gasteiger partial charge in [0.25, 0.3) is 0 Å². The van der Waals surface area contributed by atoms with Crippen molar-refractivity contribution in [1.29, 1.82) is 0 Å². The van der Waals surface area contributed by atoms with Gasteiger partial charge in [-0.1, -0.05) is 38.5 Å². The van der Waals surface area contributed by atoms with E-state index in [1.54, 1.807) is 12.1 Å². The topological polar surface area (TPSA) is 75.0 Å². The van der Waals surface area contributed by atoms with Crippen molar-refractivity contribution in [1.82, 2.24) is 0 Å². The summed E-state index contributed by atoms with van der Waals surface area (Å²) in [6, 6.07) is 11.7. The molecule has 37 heavy (non-hydrogen) atoms. The van der Waals surface area contributed by atoms with Gasteiger partial charge in [-0.25, -0.2) is 9.59 Å². The third-order valence-corrected chi connectivity index (χ3v) is 5.84. The maximum absolute atomic E-state index is 13.3. The number of ether oxygens (including phenoxy) is 3. The Morgan fingerprint density at radius 3 is 2.54 bits per heavy atom. The SMILES string of the molecule is C=CC(=O)OCC(COc1ccc2cc(-c3ccc(CCCCC)cc3OC)c(=O)oc2c1)C(F)(F)F. The Morgan fingerprint density at radius 1 is 1.08 bits per heavy atom. The predicted octanol–water partition coefficient (Wildman–Crippen LogP) is 6.49. The third-order valence-electron chi connectivity index (χ3n) is 5.84. The molecule has 0 aliphatic heterocycles. The van der Waals surface area contributed by atoms with Gasteiger partial charge in [-0.15, -0.1) is 0 Å². The van der Waals surface area contributed by atoms with Crippen LogP contribution in [0.15, 0.2) is 64.3 Å². The van der Waals surface area contributed by atoms with Crippen LogP contribution in [-0.4, -0.2) is 32.5 Å². The Balaban J connectivity index is 1.81. The first kappa shape index (κ1) is 27.8. The van der Waals surface area contributed by atoms with E-state index in [0.29, 0.717) is 22.3 Å². The van der Waals surface area contributed by atoms with Gasteiger partial charge in [-0.2, -0.15) is 13.2 Å². The molecular formula is C28H29F3O6. The van der Waals surface area contributed by atoms with E-state index < -0.39 is 36.9 Å². The molecule has 3 rings (SSSR count). The maximum Gasteiger partial charge on any atom is 0.398 e. The van der Waals surface area contributed by atoms with Crippen LogP contribution in [-0.2, 0) is 16.0 Å². The summed E-state index contributed by atoms with van der Waals surface area (Å²) in [4.78, 5) is 24.0. The maximum atomic E-state index is 13.3. The van der Waals surface area contributed by atoms with Crippen molar-refractivity contribution in [2.24, 2.45) is 5.92 Å². The molecule has 198 valence electrons. The molecule has 0 aliphatic carbocycles. The summed E-state index contributed by atoms with van der Waals surface area (Å²) < 4.78 is 60.7. The number of unbranched alkanes of at least 4 members (excludes halogenated alkanes) is 2. The first-order valence-corrected chi connectivity index (χ1v) is 11.9. The minimum atomic E-state index is -4.65. The van der Waals surface area contributed by atoms with Gasteiger partial charge in [0.1, 0.15) is 36.2 Å². The number of hydrogen-bond donors (Lipinski definition) is 0. The minimum absolute atomic E-state index is 0.0710. The van der Waals surface area contributed by atoms with E-state index in [1.807, 2.05) is 18.2 Å². The van der Waals surface area contributed by atoms with E-state index in [-0.39, 0.29) is 11.3 Å². The molecule has 0 amide bonds. The highest BCUT2D eigenvalue weighted by molar-refractivity contribution is 5.84. The van der Waals surface area contributed by atoms with Crippen molar-refractivity contribution < 1.29 is 36.6 Å². The molecule has 6 nitrogen and oxygen atoms in total. The van der Waals surface area contributed by atoms with Crippen LogP contribution in [0.5, 0.6) is 11.5 Å². The van der Waals surface area contributed by atoms with Crippen LogP contribution < -0.4 is 15.1 Å². The number of halogens is 3. The zero-order valence-corrected chi connectivity index (χ0v) is 20.7. The van der Waals surface area contributed by atoms with Crippen LogP contribution in [0.25, 0.3) is 22.1 Å². The summed E-state index contributed by atoms with van der Waals surface area (Å²) in [6.45, 7) is 3.60. The molecule has 0 bridgehead atoms. The van der Waals surface area contributed by atoms with Gasteiger partial charge in [0.2, 0.25) is 0 Å². The van der Waals surface area contributed by atoms with Crippen molar-refractivity contribution in [3.8, 4) is 22.6 Å². The smallest absolute Gasteiger partial charge is 0.398 e. The molecule has 1 aromatic heterocycles. The van der Waals surface area contributed by atoms with Crippen molar-refractivity contribution in [2.45, 2.75) is 38.8 Å². The quantitative estimate of drug-likeness (QED) is 0.118. The zero-order chi connectivity index (χ0) is 27.0. The number of carbonyl (C=O) groups excluding carboxylic acids is 1. The Kier molecular flexibility index (Phi) is 9.38. The number of methoxy groups -OCH3 is 1. The molecule has 1 unspecified atom stereocenters. The van der Waals surface area contributed by atoms with Gasteiger partial charge in [0.15, 0.2) is 0 Å². The van der Waals surface area contributed by atoms with Crippen LogP contribution in [0, 0.1) is 5.92 Å². The van der Waals surface area contributed by atoms with Crippen LogP contribution in [0.3, 0.4) is 0 Å². The van der Waals surface area contributed by atoms with Crippen LogP contribution in [0.2, 0.25) is 0 Å². The fourth-order valence-electron chi connectivity index (χ4n) is 3.74. The van der Waals surface area contributed by atoms with Crippen molar-refractivity contribution >= 4 is 16.9 Å². The number of fused-ring (bicyclic) bond motifs is 1. The largest absolute Gasteiger partial charge is 0.496 e. The number of esters is 1. The Bertz CT molecular complexity index is 1300. The van der Waals surface area contributed by atoms with Gasteiger partial charge in [-0.3, -0.25) is 0 Å². The van der Waals surface area contributed by atoms with Crippen molar-refractivity contribution in [3.63, 3.8) is 0 Å². The lowest BCUT2D eigenvalue weighted by Crippen LogP contribution is -2.33. The summed E-state index contributed by atoms with van der Waals surface area (Å²) in [5.41, 5.74) is 1.53. The van der Waals surface area contributed by atoms with Gasteiger partial charge < -0.3 is 18.6 Å². The summed E-state index contributed by atoms with van der Waals surface area (Å²) >= 11 is 0. The number of carbonyl (C=O) groups is 1. The van der Waals surface area contributed by atoms with Gasteiger partial charge in [-0.05, 0) is 42.7 Å². The Morgan fingerprint density at radius 2 is 1.86 bits per heavy atom. The number of hydrogen-bond acceptors (Lipinski definition) is 6. The van der Waals surface area contributed by atoms with E-state index >= 15 is 0 Å². The second-order valence-corrected chi connectivity index (χ2v) is 8.52. The van der Waals surface area contributed by atoms with Gasteiger partial charge in [0, 0.05) is 23.1 Å². The van der Waals surface area contributed by atoms with Gasteiger partial charge in [0.05, 0.1) is 12.7 Å². The van der Waals surface area contributed by atoms with Gasteiger partial charge >= 0.3 is 17.8 Å². The summed E-state index contributed by atoms with van der Waals surface area (Å²) in [6.07, 6.45) is 0.352.